The van der Waals surface area contributed by atoms with Crippen LogP contribution < -0.4 is 16.0 Å². The van der Waals surface area contributed by atoms with E-state index in [0.29, 0.717) is 6.61 Å². The van der Waals surface area contributed by atoms with Gasteiger partial charge < -0.3 is 9.30 Å². The lowest BCUT2D eigenvalue weighted by Crippen LogP contribution is -2.38. The number of nitrogens with zero attached hydrogens (tertiary/aromatic N) is 2. The number of ether oxygens (including phenoxy) is 1. The highest BCUT2D eigenvalue weighted by molar-refractivity contribution is 5.20. The van der Waals surface area contributed by atoms with Crippen LogP contribution in [0, 0.1) is 0 Å². The molecule has 108 valence electrons. The minimum atomic E-state index is 0.159. The SMILES string of the molecule is CCn1ccnc1CC(CCOc1ccccc1)NN. The minimum absolute atomic E-state index is 0.159. The van der Waals surface area contributed by atoms with Crippen molar-refractivity contribution < 1.29 is 4.74 Å². The zero-order chi connectivity index (χ0) is 14.2. The highest BCUT2D eigenvalue weighted by Crippen LogP contribution is 2.10. The molecule has 20 heavy (non-hydrogen) atoms. The molecule has 0 saturated heterocycles. The molecular formula is C15H22N4O. The van der Waals surface area contributed by atoms with Crippen LogP contribution in [-0.2, 0) is 13.0 Å². The van der Waals surface area contributed by atoms with Crippen LogP contribution in [0.4, 0.5) is 0 Å². The molecule has 0 saturated carbocycles. The van der Waals surface area contributed by atoms with Crippen molar-refractivity contribution in [2.24, 2.45) is 5.84 Å². The summed E-state index contributed by atoms with van der Waals surface area (Å²) >= 11 is 0. The Bertz CT molecular complexity index is 498. The summed E-state index contributed by atoms with van der Waals surface area (Å²) in [6, 6.07) is 9.97. The van der Waals surface area contributed by atoms with Crippen molar-refractivity contribution in [1.29, 1.82) is 0 Å². The molecule has 0 aliphatic heterocycles. The summed E-state index contributed by atoms with van der Waals surface area (Å²) < 4.78 is 7.82. The molecule has 1 atom stereocenters. The van der Waals surface area contributed by atoms with Crippen molar-refractivity contribution in [2.45, 2.75) is 32.4 Å². The van der Waals surface area contributed by atoms with Crippen molar-refractivity contribution in [3.8, 4) is 5.75 Å². The Labute approximate surface area is 119 Å². The van der Waals surface area contributed by atoms with Crippen LogP contribution in [-0.4, -0.2) is 22.2 Å². The fourth-order valence-corrected chi connectivity index (χ4v) is 2.12. The number of hydrazine groups is 1. The third kappa shape index (κ3) is 4.08. The molecule has 0 aliphatic rings. The maximum absolute atomic E-state index is 5.69. The van der Waals surface area contributed by atoms with E-state index in [1.165, 1.54) is 0 Å². The number of hydrogen-bond acceptors (Lipinski definition) is 4. The van der Waals surface area contributed by atoms with Gasteiger partial charge in [-0.15, -0.1) is 0 Å². The topological polar surface area (TPSA) is 65.1 Å². The average Bonchev–Trinajstić information content (AvgIpc) is 2.94. The molecule has 3 N–H and O–H groups in total. The van der Waals surface area contributed by atoms with E-state index in [0.717, 1.165) is 31.0 Å². The predicted octanol–water partition coefficient (Wildman–Crippen LogP) is 1.75. The van der Waals surface area contributed by atoms with Gasteiger partial charge in [-0.3, -0.25) is 11.3 Å². The lowest BCUT2D eigenvalue weighted by Gasteiger charge is -2.16. The highest BCUT2D eigenvalue weighted by Gasteiger charge is 2.11. The lowest BCUT2D eigenvalue weighted by atomic mass is 10.1. The monoisotopic (exact) mass is 274 g/mol. The summed E-state index contributed by atoms with van der Waals surface area (Å²) in [5, 5.41) is 0. The Hall–Kier alpha value is -1.85. The van der Waals surface area contributed by atoms with Crippen LogP contribution in [0.15, 0.2) is 42.7 Å². The number of rotatable bonds is 8. The number of hydrogen-bond donors (Lipinski definition) is 2. The first-order chi connectivity index (χ1) is 9.83. The lowest BCUT2D eigenvalue weighted by molar-refractivity contribution is 0.283. The van der Waals surface area contributed by atoms with Gasteiger partial charge in [-0.25, -0.2) is 4.98 Å². The van der Waals surface area contributed by atoms with Crippen molar-refractivity contribution in [3.05, 3.63) is 48.5 Å². The average molecular weight is 274 g/mol. The second-order valence-corrected chi connectivity index (χ2v) is 4.65. The smallest absolute Gasteiger partial charge is 0.119 e. The van der Waals surface area contributed by atoms with E-state index in [2.05, 4.69) is 21.9 Å². The molecule has 1 aromatic carbocycles. The van der Waals surface area contributed by atoms with Crippen molar-refractivity contribution in [1.82, 2.24) is 15.0 Å². The number of benzene rings is 1. The molecule has 5 nitrogen and oxygen atoms in total. The Balaban J connectivity index is 1.81. The molecule has 0 fully saturated rings. The Morgan fingerprint density at radius 3 is 2.85 bits per heavy atom. The first kappa shape index (κ1) is 14.6. The van der Waals surface area contributed by atoms with Gasteiger partial charge in [-0.05, 0) is 25.5 Å². The van der Waals surface area contributed by atoms with Crippen LogP contribution in [0.2, 0.25) is 0 Å². The first-order valence-corrected chi connectivity index (χ1v) is 6.97. The van der Waals surface area contributed by atoms with E-state index in [4.69, 9.17) is 10.6 Å². The predicted molar refractivity (Wildman–Crippen MR) is 79.3 cm³/mol. The third-order valence-electron chi connectivity index (χ3n) is 3.29. The largest absolute Gasteiger partial charge is 0.494 e. The van der Waals surface area contributed by atoms with Gasteiger partial charge in [0.05, 0.1) is 6.61 Å². The maximum Gasteiger partial charge on any atom is 0.119 e. The van der Waals surface area contributed by atoms with Crippen LogP contribution in [0.25, 0.3) is 0 Å². The van der Waals surface area contributed by atoms with E-state index in [1.807, 2.05) is 42.7 Å². The molecule has 0 bridgehead atoms. The summed E-state index contributed by atoms with van der Waals surface area (Å²) in [7, 11) is 0. The quantitative estimate of drug-likeness (QED) is 0.568. The number of imidazole rings is 1. The Morgan fingerprint density at radius 1 is 1.35 bits per heavy atom. The summed E-state index contributed by atoms with van der Waals surface area (Å²) in [5.41, 5.74) is 2.84. The van der Waals surface area contributed by atoms with E-state index in [9.17, 15) is 0 Å². The van der Waals surface area contributed by atoms with Gasteiger partial charge >= 0.3 is 0 Å². The maximum atomic E-state index is 5.69. The molecule has 1 aromatic heterocycles. The van der Waals surface area contributed by atoms with Gasteiger partial charge in [0.15, 0.2) is 0 Å². The Morgan fingerprint density at radius 2 is 2.15 bits per heavy atom. The van der Waals surface area contributed by atoms with Crippen molar-refractivity contribution >= 4 is 0 Å². The number of nitrogens with two attached hydrogens (primary N) is 1. The van der Waals surface area contributed by atoms with Gasteiger partial charge in [0.1, 0.15) is 11.6 Å². The van der Waals surface area contributed by atoms with Crippen LogP contribution in [0.3, 0.4) is 0 Å². The summed E-state index contributed by atoms with van der Waals surface area (Å²) in [6.07, 6.45) is 5.45. The number of aryl methyl sites for hydroxylation is 1. The molecule has 1 heterocycles. The molecule has 1 unspecified atom stereocenters. The zero-order valence-electron chi connectivity index (χ0n) is 11.8. The normalized spacial score (nSPS) is 12.3. The van der Waals surface area contributed by atoms with Crippen LogP contribution in [0.1, 0.15) is 19.2 Å². The first-order valence-electron chi connectivity index (χ1n) is 6.97. The second-order valence-electron chi connectivity index (χ2n) is 4.65. The standard InChI is InChI=1S/C15H22N4O/c1-2-19-10-9-17-15(19)12-13(18-16)8-11-20-14-6-4-3-5-7-14/h3-7,9-10,13,18H,2,8,11-12,16H2,1H3. The van der Waals surface area contributed by atoms with Crippen LogP contribution in [0.5, 0.6) is 5.75 Å². The number of aromatic nitrogens is 2. The van der Waals surface area contributed by atoms with Gasteiger partial charge in [-0.2, -0.15) is 0 Å². The zero-order valence-corrected chi connectivity index (χ0v) is 11.8. The van der Waals surface area contributed by atoms with E-state index >= 15 is 0 Å². The second kappa shape index (κ2) is 7.67. The van der Waals surface area contributed by atoms with Crippen molar-refractivity contribution in [2.75, 3.05) is 6.61 Å². The van der Waals surface area contributed by atoms with E-state index in [1.54, 1.807) is 0 Å². The fraction of sp³-hybridized carbons (Fsp3) is 0.400. The Kier molecular flexibility index (Phi) is 5.58. The van der Waals surface area contributed by atoms with E-state index in [-0.39, 0.29) is 6.04 Å². The molecule has 0 radical (unpaired) electrons. The molecule has 5 heteroatoms. The van der Waals surface area contributed by atoms with Gasteiger partial charge in [0.25, 0.3) is 0 Å². The molecule has 2 aromatic rings. The molecule has 2 rings (SSSR count). The van der Waals surface area contributed by atoms with E-state index < -0.39 is 0 Å². The minimum Gasteiger partial charge on any atom is -0.494 e. The molecule has 0 amide bonds. The number of para-hydroxylation sites is 1. The third-order valence-corrected chi connectivity index (χ3v) is 3.29. The summed E-state index contributed by atoms with van der Waals surface area (Å²) in [5.74, 6) is 7.56. The molecule has 0 aliphatic carbocycles. The highest BCUT2D eigenvalue weighted by atomic mass is 16.5. The fourth-order valence-electron chi connectivity index (χ4n) is 2.12. The van der Waals surface area contributed by atoms with Gasteiger partial charge in [-0.1, -0.05) is 18.2 Å². The van der Waals surface area contributed by atoms with Gasteiger partial charge in [0, 0.05) is 31.4 Å². The van der Waals surface area contributed by atoms with Gasteiger partial charge in [0.2, 0.25) is 0 Å². The summed E-state index contributed by atoms with van der Waals surface area (Å²) in [6.45, 7) is 3.66. The van der Waals surface area contributed by atoms with Crippen LogP contribution >= 0.6 is 0 Å². The summed E-state index contributed by atoms with van der Waals surface area (Å²) in [4.78, 5) is 4.37. The number of nitrogens with one attached hydrogen (secondary N) is 1. The van der Waals surface area contributed by atoms with Crippen molar-refractivity contribution in [3.63, 3.8) is 0 Å². The molecule has 0 spiro atoms. The molecular weight excluding hydrogens is 252 g/mol.